The Kier molecular flexibility index (Phi) is 5.20. The standard InChI is InChI=1S/C15H20BrN3O/c1-11(2)17-8-12-7-13(16)9-18-15(12)19(3)10-14-5-4-6-20-14/h4-7,9,11,17H,8,10H2,1-3H3. The van der Waals surface area contributed by atoms with Crippen molar-refractivity contribution in [3.8, 4) is 0 Å². The molecule has 0 atom stereocenters. The molecule has 0 fully saturated rings. The molecule has 0 saturated heterocycles. The molecule has 0 bridgehead atoms. The number of rotatable bonds is 6. The number of hydrogen-bond donors (Lipinski definition) is 1. The van der Waals surface area contributed by atoms with Crippen LogP contribution in [0.15, 0.2) is 39.5 Å². The highest BCUT2D eigenvalue weighted by molar-refractivity contribution is 9.10. The Morgan fingerprint density at radius 1 is 1.45 bits per heavy atom. The van der Waals surface area contributed by atoms with E-state index in [1.54, 1.807) is 6.26 Å². The molecule has 0 amide bonds. The molecule has 2 aromatic rings. The molecular formula is C15H20BrN3O. The van der Waals surface area contributed by atoms with Crippen molar-refractivity contribution in [1.29, 1.82) is 0 Å². The highest BCUT2D eigenvalue weighted by Crippen LogP contribution is 2.22. The van der Waals surface area contributed by atoms with Crippen molar-refractivity contribution >= 4 is 21.7 Å². The second-order valence-corrected chi connectivity index (χ2v) is 6.02. The minimum atomic E-state index is 0.442. The zero-order valence-electron chi connectivity index (χ0n) is 12.1. The van der Waals surface area contributed by atoms with E-state index in [1.807, 2.05) is 25.4 Å². The fourth-order valence-corrected chi connectivity index (χ4v) is 2.35. The Balaban J connectivity index is 2.16. The summed E-state index contributed by atoms with van der Waals surface area (Å²) in [6, 6.07) is 6.43. The van der Waals surface area contributed by atoms with E-state index in [1.165, 1.54) is 5.56 Å². The average Bonchev–Trinajstić information content (AvgIpc) is 2.89. The van der Waals surface area contributed by atoms with Crippen LogP contribution in [0, 0.1) is 0 Å². The molecule has 108 valence electrons. The molecule has 0 saturated carbocycles. The number of nitrogens with zero attached hydrogens (tertiary/aromatic N) is 2. The van der Waals surface area contributed by atoms with Gasteiger partial charge < -0.3 is 14.6 Å². The summed E-state index contributed by atoms with van der Waals surface area (Å²) in [5.74, 6) is 1.90. The Morgan fingerprint density at radius 3 is 2.90 bits per heavy atom. The van der Waals surface area contributed by atoms with E-state index in [0.717, 1.165) is 22.6 Å². The van der Waals surface area contributed by atoms with E-state index < -0.39 is 0 Å². The number of anilines is 1. The third-order valence-corrected chi connectivity index (χ3v) is 3.38. The molecule has 0 spiro atoms. The maximum atomic E-state index is 5.39. The van der Waals surface area contributed by atoms with Gasteiger partial charge in [-0.1, -0.05) is 13.8 Å². The van der Waals surface area contributed by atoms with Crippen LogP contribution < -0.4 is 10.2 Å². The fraction of sp³-hybridized carbons (Fsp3) is 0.400. The molecule has 20 heavy (non-hydrogen) atoms. The summed E-state index contributed by atoms with van der Waals surface area (Å²) >= 11 is 3.49. The van der Waals surface area contributed by atoms with Gasteiger partial charge in [0, 0.05) is 35.9 Å². The summed E-state index contributed by atoms with van der Waals surface area (Å²) in [6.45, 7) is 5.77. The molecule has 2 aromatic heterocycles. The second kappa shape index (κ2) is 6.90. The minimum absolute atomic E-state index is 0.442. The third kappa shape index (κ3) is 4.08. The molecule has 0 aliphatic heterocycles. The molecule has 1 N–H and O–H groups in total. The lowest BCUT2D eigenvalue weighted by Gasteiger charge is -2.21. The van der Waals surface area contributed by atoms with Gasteiger partial charge in [0.15, 0.2) is 0 Å². The lowest BCUT2D eigenvalue weighted by atomic mass is 10.2. The van der Waals surface area contributed by atoms with Gasteiger partial charge in [-0.2, -0.15) is 0 Å². The first-order chi connectivity index (χ1) is 9.56. The Labute approximate surface area is 128 Å². The topological polar surface area (TPSA) is 41.3 Å². The van der Waals surface area contributed by atoms with Gasteiger partial charge in [0.1, 0.15) is 11.6 Å². The first-order valence-corrected chi connectivity index (χ1v) is 7.47. The van der Waals surface area contributed by atoms with Gasteiger partial charge >= 0.3 is 0 Å². The number of pyridine rings is 1. The summed E-state index contributed by atoms with van der Waals surface area (Å²) in [4.78, 5) is 6.63. The van der Waals surface area contributed by atoms with Gasteiger partial charge in [-0.25, -0.2) is 4.98 Å². The molecule has 0 aromatic carbocycles. The predicted molar refractivity (Wildman–Crippen MR) is 84.7 cm³/mol. The predicted octanol–water partition coefficient (Wildman–Crippen LogP) is 3.57. The van der Waals surface area contributed by atoms with E-state index >= 15 is 0 Å². The number of halogens is 1. The van der Waals surface area contributed by atoms with Crippen LogP contribution in [0.1, 0.15) is 25.2 Å². The van der Waals surface area contributed by atoms with Crippen LogP contribution in [-0.2, 0) is 13.1 Å². The van der Waals surface area contributed by atoms with E-state index in [9.17, 15) is 0 Å². The molecule has 2 heterocycles. The smallest absolute Gasteiger partial charge is 0.133 e. The Hall–Kier alpha value is -1.33. The van der Waals surface area contributed by atoms with Gasteiger partial charge in [0.05, 0.1) is 12.8 Å². The number of aromatic nitrogens is 1. The zero-order valence-corrected chi connectivity index (χ0v) is 13.6. The molecule has 0 radical (unpaired) electrons. The normalized spacial score (nSPS) is 11.1. The maximum absolute atomic E-state index is 5.39. The van der Waals surface area contributed by atoms with Gasteiger partial charge in [-0.05, 0) is 34.1 Å². The largest absolute Gasteiger partial charge is 0.467 e. The molecule has 2 rings (SSSR count). The van der Waals surface area contributed by atoms with Gasteiger partial charge in [0.2, 0.25) is 0 Å². The van der Waals surface area contributed by atoms with Crippen LogP contribution in [0.5, 0.6) is 0 Å². The summed E-state index contributed by atoms with van der Waals surface area (Å²) in [5.41, 5.74) is 1.17. The SMILES string of the molecule is CC(C)NCc1cc(Br)cnc1N(C)Cc1ccco1. The van der Waals surface area contributed by atoms with Crippen LogP contribution in [0.3, 0.4) is 0 Å². The van der Waals surface area contributed by atoms with Crippen molar-refractivity contribution in [1.82, 2.24) is 10.3 Å². The number of nitrogens with one attached hydrogen (secondary N) is 1. The van der Waals surface area contributed by atoms with Crippen molar-refractivity contribution in [2.45, 2.75) is 33.0 Å². The summed E-state index contributed by atoms with van der Waals surface area (Å²) in [5, 5.41) is 3.43. The first kappa shape index (κ1) is 15.1. The molecule has 5 heteroatoms. The van der Waals surface area contributed by atoms with Crippen LogP contribution in [0.4, 0.5) is 5.82 Å². The van der Waals surface area contributed by atoms with Crippen LogP contribution in [0.2, 0.25) is 0 Å². The van der Waals surface area contributed by atoms with Crippen molar-refractivity contribution in [3.63, 3.8) is 0 Å². The molecule has 0 unspecified atom stereocenters. The quantitative estimate of drug-likeness (QED) is 0.874. The Bertz CT molecular complexity index is 540. The summed E-state index contributed by atoms with van der Waals surface area (Å²) in [6.07, 6.45) is 3.52. The van der Waals surface area contributed by atoms with E-state index in [2.05, 4.69) is 51.0 Å². The van der Waals surface area contributed by atoms with Gasteiger partial charge in [-0.3, -0.25) is 0 Å². The highest BCUT2D eigenvalue weighted by atomic mass is 79.9. The van der Waals surface area contributed by atoms with E-state index in [-0.39, 0.29) is 0 Å². The molecule has 0 aliphatic rings. The lowest BCUT2D eigenvalue weighted by Crippen LogP contribution is -2.25. The molecule has 0 aliphatic carbocycles. The number of furan rings is 1. The molecule has 4 nitrogen and oxygen atoms in total. The highest BCUT2D eigenvalue weighted by Gasteiger charge is 2.12. The maximum Gasteiger partial charge on any atom is 0.133 e. The van der Waals surface area contributed by atoms with Crippen molar-refractivity contribution < 1.29 is 4.42 Å². The van der Waals surface area contributed by atoms with Crippen molar-refractivity contribution in [3.05, 3.63) is 46.5 Å². The van der Waals surface area contributed by atoms with Crippen molar-refractivity contribution in [2.24, 2.45) is 0 Å². The first-order valence-electron chi connectivity index (χ1n) is 6.67. The monoisotopic (exact) mass is 337 g/mol. The van der Waals surface area contributed by atoms with Crippen LogP contribution >= 0.6 is 15.9 Å². The van der Waals surface area contributed by atoms with Gasteiger partial charge in [-0.15, -0.1) is 0 Å². The number of hydrogen-bond acceptors (Lipinski definition) is 4. The fourth-order valence-electron chi connectivity index (χ4n) is 1.97. The summed E-state index contributed by atoms with van der Waals surface area (Å²) in [7, 11) is 2.03. The zero-order chi connectivity index (χ0) is 14.5. The van der Waals surface area contributed by atoms with E-state index in [0.29, 0.717) is 12.6 Å². The van der Waals surface area contributed by atoms with Gasteiger partial charge in [0.25, 0.3) is 0 Å². The minimum Gasteiger partial charge on any atom is -0.467 e. The third-order valence-electron chi connectivity index (χ3n) is 2.94. The second-order valence-electron chi connectivity index (χ2n) is 5.11. The Morgan fingerprint density at radius 2 is 2.25 bits per heavy atom. The summed E-state index contributed by atoms with van der Waals surface area (Å²) < 4.78 is 6.39. The van der Waals surface area contributed by atoms with E-state index in [4.69, 9.17) is 4.42 Å². The van der Waals surface area contributed by atoms with Crippen molar-refractivity contribution in [2.75, 3.05) is 11.9 Å². The molecular weight excluding hydrogens is 318 g/mol. The average molecular weight is 338 g/mol. The lowest BCUT2D eigenvalue weighted by molar-refractivity contribution is 0.506. The van der Waals surface area contributed by atoms with Crippen LogP contribution in [0.25, 0.3) is 0 Å². The van der Waals surface area contributed by atoms with Crippen LogP contribution in [-0.4, -0.2) is 18.1 Å².